The normalized spacial score (nSPS) is 10.5. The lowest BCUT2D eigenvalue weighted by atomic mass is 10.2. The molecule has 0 spiro atoms. The average Bonchev–Trinajstić information content (AvgIpc) is 2.74. The molecule has 2 N–H and O–H groups in total. The summed E-state index contributed by atoms with van der Waals surface area (Å²) in [5, 5.41) is 5.35. The van der Waals surface area contributed by atoms with Crippen molar-refractivity contribution in [2.75, 3.05) is 0 Å². The number of carbonyl (C=O) groups is 2. The van der Waals surface area contributed by atoms with E-state index in [2.05, 4.69) is 15.6 Å². The fourth-order valence-corrected chi connectivity index (χ4v) is 2.81. The number of hydrogen-bond acceptors (Lipinski definition) is 4. The molecule has 0 unspecified atom stereocenters. The molecule has 1 aromatic carbocycles. The molecule has 8 heteroatoms. The molecule has 0 aliphatic carbocycles. The van der Waals surface area contributed by atoms with Crippen LogP contribution in [0.2, 0.25) is 0 Å². The van der Waals surface area contributed by atoms with Crippen LogP contribution in [0, 0.1) is 12.7 Å². The van der Waals surface area contributed by atoms with E-state index >= 15 is 0 Å². The van der Waals surface area contributed by atoms with Gasteiger partial charge in [0.25, 0.3) is 11.5 Å². The van der Waals surface area contributed by atoms with E-state index in [9.17, 15) is 18.8 Å². The number of pyridine rings is 2. The highest BCUT2D eigenvalue weighted by molar-refractivity contribution is 5.93. The number of nitrogens with zero attached hydrogens (tertiary/aromatic N) is 2. The van der Waals surface area contributed by atoms with Crippen LogP contribution in [0.4, 0.5) is 4.39 Å². The molecule has 3 aromatic rings. The van der Waals surface area contributed by atoms with Gasteiger partial charge in [-0.05, 0) is 48.4 Å². The summed E-state index contributed by atoms with van der Waals surface area (Å²) in [7, 11) is 0. The van der Waals surface area contributed by atoms with Crippen LogP contribution in [0.25, 0.3) is 0 Å². The SMILES string of the molecule is Cc1cccnc1CNC(=O)Cn1cccc(C(=O)NCc2ccc(F)cc2)c1=O. The third kappa shape index (κ3) is 5.38. The summed E-state index contributed by atoms with van der Waals surface area (Å²) in [4.78, 5) is 41.4. The first-order valence-corrected chi connectivity index (χ1v) is 9.33. The standard InChI is InChI=1S/C22H21FN4O3/c1-15-4-2-10-24-19(15)13-25-20(28)14-27-11-3-5-18(22(27)30)21(29)26-12-16-6-8-17(23)9-7-16/h2-11H,12-14H2,1H3,(H,25,28)(H,26,29). The van der Waals surface area contributed by atoms with E-state index in [1.165, 1.54) is 35.0 Å². The zero-order valence-electron chi connectivity index (χ0n) is 16.4. The lowest BCUT2D eigenvalue weighted by Crippen LogP contribution is -2.36. The minimum Gasteiger partial charge on any atom is -0.349 e. The number of rotatable bonds is 7. The van der Waals surface area contributed by atoms with Gasteiger partial charge in [0.15, 0.2) is 0 Å². The van der Waals surface area contributed by atoms with Gasteiger partial charge in [-0.25, -0.2) is 4.39 Å². The van der Waals surface area contributed by atoms with Crippen LogP contribution in [0.5, 0.6) is 0 Å². The van der Waals surface area contributed by atoms with E-state index in [0.29, 0.717) is 5.56 Å². The average molecular weight is 408 g/mol. The van der Waals surface area contributed by atoms with Crippen molar-refractivity contribution in [2.24, 2.45) is 0 Å². The van der Waals surface area contributed by atoms with E-state index < -0.39 is 11.5 Å². The summed E-state index contributed by atoms with van der Waals surface area (Å²) < 4.78 is 14.1. The molecule has 3 rings (SSSR count). The van der Waals surface area contributed by atoms with Gasteiger partial charge in [0, 0.05) is 18.9 Å². The van der Waals surface area contributed by atoms with Gasteiger partial charge in [-0.2, -0.15) is 0 Å². The van der Waals surface area contributed by atoms with Crippen molar-refractivity contribution in [2.45, 2.75) is 26.6 Å². The molecule has 0 saturated heterocycles. The number of halogens is 1. The summed E-state index contributed by atoms with van der Waals surface area (Å²) in [6.45, 7) is 2.08. The zero-order chi connectivity index (χ0) is 21.5. The molecular formula is C22H21FN4O3. The van der Waals surface area contributed by atoms with E-state index in [4.69, 9.17) is 0 Å². The highest BCUT2D eigenvalue weighted by Gasteiger charge is 2.14. The van der Waals surface area contributed by atoms with Gasteiger partial charge in [-0.3, -0.25) is 19.4 Å². The van der Waals surface area contributed by atoms with Gasteiger partial charge in [0.1, 0.15) is 17.9 Å². The Morgan fingerprint density at radius 3 is 2.53 bits per heavy atom. The van der Waals surface area contributed by atoms with E-state index in [-0.39, 0.29) is 36.9 Å². The molecule has 0 bridgehead atoms. The number of hydrogen-bond donors (Lipinski definition) is 2. The van der Waals surface area contributed by atoms with Crippen molar-refractivity contribution in [1.82, 2.24) is 20.2 Å². The smallest absolute Gasteiger partial charge is 0.263 e. The molecular weight excluding hydrogens is 387 g/mol. The summed E-state index contributed by atoms with van der Waals surface area (Å²) in [6, 6.07) is 12.3. The molecule has 2 amide bonds. The van der Waals surface area contributed by atoms with Gasteiger partial charge >= 0.3 is 0 Å². The number of aryl methyl sites for hydroxylation is 1. The zero-order valence-corrected chi connectivity index (χ0v) is 16.4. The maximum absolute atomic E-state index is 13.0. The highest BCUT2D eigenvalue weighted by atomic mass is 19.1. The van der Waals surface area contributed by atoms with E-state index in [0.717, 1.165) is 11.3 Å². The molecule has 30 heavy (non-hydrogen) atoms. The number of amides is 2. The summed E-state index contributed by atoms with van der Waals surface area (Å²) >= 11 is 0. The Labute approximate surface area is 172 Å². The summed E-state index contributed by atoms with van der Waals surface area (Å²) in [6.07, 6.45) is 3.09. The van der Waals surface area contributed by atoms with E-state index in [1.54, 1.807) is 18.3 Å². The van der Waals surface area contributed by atoms with Gasteiger partial charge < -0.3 is 15.2 Å². The maximum Gasteiger partial charge on any atom is 0.263 e. The second-order valence-corrected chi connectivity index (χ2v) is 6.71. The fourth-order valence-electron chi connectivity index (χ4n) is 2.81. The Morgan fingerprint density at radius 1 is 1.03 bits per heavy atom. The largest absolute Gasteiger partial charge is 0.349 e. The summed E-state index contributed by atoms with van der Waals surface area (Å²) in [5.74, 6) is -1.30. The van der Waals surface area contributed by atoms with Crippen molar-refractivity contribution >= 4 is 11.8 Å². The second kappa shape index (κ2) is 9.60. The van der Waals surface area contributed by atoms with Crippen LogP contribution in [-0.2, 0) is 24.4 Å². The van der Waals surface area contributed by atoms with Gasteiger partial charge in [0.2, 0.25) is 5.91 Å². The Hall–Kier alpha value is -3.81. The maximum atomic E-state index is 13.0. The molecule has 0 aliphatic rings. The number of nitrogens with one attached hydrogen (secondary N) is 2. The van der Waals surface area contributed by atoms with Crippen LogP contribution in [0.15, 0.2) is 65.7 Å². The fraction of sp³-hybridized carbons (Fsp3) is 0.182. The topological polar surface area (TPSA) is 93.1 Å². The third-order valence-corrected chi connectivity index (χ3v) is 4.52. The molecule has 0 saturated carbocycles. The molecule has 0 radical (unpaired) electrons. The first-order chi connectivity index (χ1) is 14.4. The molecule has 0 aliphatic heterocycles. The number of carbonyl (C=O) groups excluding carboxylic acids is 2. The minimum absolute atomic E-state index is 0.0759. The van der Waals surface area contributed by atoms with Crippen LogP contribution in [-0.4, -0.2) is 21.4 Å². The molecule has 0 atom stereocenters. The van der Waals surface area contributed by atoms with Gasteiger partial charge in [-0.15, -0.1) is 0 Å². The van der Waals surface area contributed by atoms with Gasteiger partial charge in [0.05, 0.1) is 12.2 Å². The van der Waals surface area contributed by atoms with Crippen LogP contribution in [0.3, 0.4) is 0 Å². The first-order valence-electron chi connectivity index (χ1n) is 9.33. The second-order valence-electron chi connectivity index (χ2n) is 6.71. The Balaban J connectivity index is 1.61. The van der Waals surface area contributed by atoms with Crippen molar-refractivity contribution in [3.8, 4) is 0 Å². The third-order valence-electron chi connectivity index (χ3n) is 4.52. The minimum atomic E-state index is -0.571. The first kappa shape index (κ1) is 20.9. The molecule has 2 heterocycles. The summed E-state index contributed by atoms with van der Waals surface area (Å²) in [5.41, 5.74) is 1.75. The highest BCUT2D eigenvalue weighted by Crippen LogP contribution is 2.04. The van der Waals surface area contributed by atoms with Crippen LogP contribution >= 0.6 is 0 Å². The monoisotopic (exact) mass is 408 g/mol. The number of benzene rings is 1. The van der Waals surface area contributed by atoms with Crippen molar-refractivity contribution in [3.63, 3.8) is 0 Å². The van der Waals surface area contributed by atoms with E-state index in [1.807, 2.05) is 19.1 Å². The predicted octanol–water partition coefficient (Wildman–Crippen LogP) is 1.94. The molecule has 2 aromatic heterocycles. The van der Waals surface area contributed by atoms with Crippen molar-refractivity contribution < 1.29 is 14.0 Å². The number of aromatic nitrogens is 2. The van der Waals surface area contributed by atoms with Crippen molar-refractivity contribution in [1.29, 1.82) is 0 Å². The van der Waals surface area contributed by atoms with Crippen LogP contribution < -0.4 is 16.2 Å². The lowest BCUT2D eigenvalue weighted by Gasteiger charge is -2.10. The molecule has 7 nitrogen and oxygen atoms in total. The molecule has 0 fully saturated rings. The van der Waals surface area contributed by atoms with Crippen LogP contribution in [0.1, 0.15) is 27.2 Å². The Morgan fingerprint density at radius 2 is 1.80 bits per heavy atom. The van der Waals surface area contributed by atoms with Gasteiger partial charge in [-0.1, -0.05) is 18.2 Å². The Kier molecular flexibility index (Phi) is 6.69. The quantitative estimate of drug-likeness (QED) is 0.625. The van der Waals surface area contributed by atoms with Crippen molar-refractivity contribution in [3.05, 3.63) is 99.5 Å². The predicted molar refractivity (Wildman–Crippen MR) is 109 cm³/mol. The lowest BCUT2D eigenvalue weighted by molar-refractivity contribution is -0.121. The molecule has 154 valence electrons. The Bertz CT molecular complexity index is 1110.